The van der Waals surface area contributed by atoms with Crippen LogP contribution in [0, 0.1) is 0 Å². The van der Waals surface area contributed by atoms with Crippen molar-refractivity contribution in [3.05, 3.63) is 59.7 Å². The lowest BCUT2D eigenvalue weighted by Crippen LogP contribution is -2.04. The van der Waals surface area contributed by atoms with E-state index in [1.165, 1.54) is 19.2 Å². The highest BCUT2D eigenvalue weighted by molar-refractivity contribution is 7.90. The smallest absolute Gasteiger partial charge is 0.193 e. The Labute approximate surface area is 117 Å². The zero-order chi connectivity index (χ0) is 14.8. The molecule has 0 bridgehead atoms. The van der Waals surface area contributed by atoms with E-state index in [4.69, 9.17) is 4.74 Å². The number of rotatable bonds is 4. The van der Waals surface area contributed by atoms with Crippen LogP contribution < -0.4 is 4.74 Å². The van der Waals surface area contributed by atoms with Crippen LogP contribution in [-0.2, 0) is 9.84 Å². The van der Waals surface area contributed by atoms with Gasteiger partial charge in [0.25, 0.3) is 0 Å². The van der Waals surface area contributed by atoms with Gasteiger partial charge in [-0.2, -0.15) is 0 Å². The molecule has 0 unspecified atom stereocenters. The van der Waals surface area contributed by atoms with E-state index in [1.54, 1.807) is 36.4 Å². The number of carbonyl (C=O) groups excluding carboxylic acids is 1. The van der Waals surface area contributed by atoms with Crippen LogP contribution in [-0.4, -0.2) is 27.6 Å². The van der Waals surface area contributed by atoms with Crippen LogP contribution in [0.1, 0.15) is 15.9 Å². The molecule has 0 amide bonds. The first-order valence-corrected chi connectivity index (χ1v) is 7.80. The third kappa shape index (κ3) is 3.05. The van der Waals surface area contributed by atoms with Crippen molar-refractivity contribution in [2.24, 2.45) is 0 Å². The predicted molar refractivity (Wildman–Crippen MR) is 76.0 cm³/mol. The minimum atomic E-state index is -3.33. The fourth-order valence-electron chi connectivity index (χ4n) is 1.80. The number of hydrogen-bond acceptors (Lipinski definition) is 4. The van der Waals surface area contributed by atoms with Gasteiger partial charge in [-0.05, 0) is 24.3 Å². The summed E-state index contributed by atoms with van der Waals surface area (Å²) in [5.41, 5.74) is 0.788. The number of ether oxygens (including phenoxy) is 1. The van der Waals surface area contributed by atoms with Gasteiger partial charge in [-0.25, -0.2) is 8.42 Å². The second-order valence-electron chi connectivity index (χ2n) is 4.36. The maximum absolute atomic E-state index is 12.3. The Morgan fingerprint density at radius 3 is 2.20 bits per heavy atom. The van der Waals surface area contributed by atoms with Crippen LogP contribution in [0.2, 0.25) is 0 Å². The first-order valence-electron chi connectivity index (χ1n) is 5.90. The summed E-state index contributed by atoms with van der Waals surface area (Å²) in [6.07, 6.45) is 1.11. The number of carbonyl (C=O) groups is 1. The Morgan fingerprint density at radius 2 is 1.60 bits per heavy atom. The van der Waals surface area contributed by atoms with E-state index in [9.17, 15) is 13.2 Å². The summed E-state index contributed by atoms with van der Waals surface area (Å²) in [6.45, 7) is 0. The highest BCUT2D eigenvalue weighted by Crippen LogP contribution is 2.18. The highest BCUT2D eigenvalue weighted by Gasteiger charge is 2.13. The van der Waals surface area contributed by atoms with Gasteiger partial charge in [0, 0.05) is 17.4 Å². The van der Waals surface area contributed by atoms with Crippen LogP contribution in [0.5, 0.6) is 5.75 Å². The van der Waals surface area contributed by atoms with Crippen molar-refractivity contribution in [2.75, 3.05) is 13.4 Å². The minimum absolute atomic E-state index is 0.131. The van der Waals surface area contributed by atoms with Gasteiger partial charge in [0.05, 0.1) is 12.0 Å². The molecule has 0 N–H and O–H groups in total. The Kier molecular flexibility index (Phi) is 3.90. The van der Waals surface area contributed by atoms with Gasteiger partial charge in [0.2, 0.25) is 0 Å². The van der Waals surface area contributed by atoms with E-state index in [-0.39, 0.29) is 10.7 Å². The molecule has 0 radical (unpaired) electrons. The summed E-state index contributed by atoms with van der Waals surface area (Å²) in [4.78, 5) is 12.5. The van der Waals surface area contributed by atoms with E-state index in [0.29, 0.717) is 16.9 Å². The Morgan fingerprint density at radius 1 is 1.00 bits per heavy atom. The highest BCUT2D eigenvalue weighted by atomic mass is 32.2. The van der Waals surface area contributed by atoms with Crippen molar-refractivity contribution < 1.29 is 17.9 Å². The number of methoxy groups -OCH3 is 1. The van der Waals surface area contributed by atoms with Gasteiger partial charge >= 0.3 is 0 Å². The SMILES string of the molecule is COc1cccc(C(=O)c2cccc(S(C)(=O)=O)c2)c1. The van der Waals surface area contributed by atoms with Gasteiger partial charge in [-0.1, -0.05) is 24.3 Å². The molecule has 104 valence electrons. The van der Waals surface area contributed by atoms with Gasteiger partial charge in [0.15, 0.2) is 15.6 Å². The topological polar surface area (TPSA) is 60.4 Å². The van der Waals surface area contributed by atoms with Gasteiger partial charge in [-0.15, -0.1) is 0 Å². The second-order valence-corrected chi connectivity index (χ2v) is 6.38. The first kappa shape index (κ1) is 14.3. The maximum Gasteiger partial charge on any atom is 0.193 e. The third-order valence-corrected chi connectivity index (χ3v) is 3.97. The summed E-state index contributed by atoms with van der Waals surface area (Å²) in [6, 6.07) is 12.7. The number of hydrogen-bond donors (Lipinski definition) is 0. The maximum atomic E-state index is 12.3. The molecule has 5 heteroatoms. The Balaban J connectivity index is 2.43. The average Bonchev–Trinajstić information content (AvgIpc) is 2.46. The molecule has 0 fully saturated rings. The molecular weight excluding hydrogens is 276 g/mol. The van der Waals surface area contributed by atoms with Crippen molar-refractivity contribution in [2.45, 2.75) is 4.90 Å². The van der Waals surface area contributed by atoms with Gasteiger partial charge in [0.1, 0.15) is 5.75 Å². The van der Waals surface area contributed by atoms with Crippen molar-refractivity contribution in [3.63, 3.8) is 0 Å². The van der Waals surface area contributed by atoms with E-state index < -0.39 is 9.84 Å². The van der Waals surface area contributed by atoms with Crippen LogP contribution in [0.4, 0.5) is 0 Å². The lowest BCUT2D eigenvalue weighted by Gasteiger charge is -2.05. The second kappa shape index (κ2) is 5.46. The Bertz CT molecular complexity index is 748. The van der Waals surface area contributed by atoms with Crippen molar-refractivity contribution in [1.82, 2.24) is 0 Å². The minimum Gasteiger partial charge on any atom is -0.497 e. The van der Waals surface area contributed by atoms with Crippen LogP contribution in [0.3, 0.4) is 0 Å². The van der Waals surface area contributed by atoms with Gasteiger partial charge in [-0.3, -0.25) is 4.79 Å². The molecule has 0 heterocycles. The molecule has 20 heavy (non-hydrogen) atoms. The third-order valence-electron chi connectivity index (χ3n) is 2.86. The summed E-state index contributed by atoms with van der Waals surface area (Å²) in [5, 5.41) is 0. The van der Waals surface area contributed by atoms with E-state index in [0.717, 1.165) is 6.26 Å². The summed E-state index contributed by atoms with van der Waals surface area (Å²) in [7, 11) is -1.81. The molecule has 0 aliphatic rings. The number of benzene rings is 2. The summed E-state index contributed by atoms with van der Waals surface area (Å²) >= 11 is 0. The van der Waals surface area contributed by atoms with Crippen molar-refractivity contribution >= 4 is 15.6 Å². The molecule has 0 saturated carbocycles. The number of ketones is 1. The normalized spacial score (nSPS) is 11.1. The molecule has 4 nitrogen and oxygen atoms in total. The Hall–Kier alpha value is -2.14. The molecule has 0 aliphatic carbocycles. The van der Waals surface area contributed by atoms with Crippen molar-refractivity contribution in [1.29, 1.82) is 0 Å². The summed E-state index contributed by atoms with van der Waals surface area (Å²) in [5.74, 6) is 0.338. The summed E-state index contributed by atoms with van der Waals surface area (Å²) < 4.78 is 28.1. The predicted octanol–water partition coefficient (Wildman–Crippen LogP) is 2.33. The zero-order valence-corrected chi connectivity index (χ0v) is 12.0. The lowest BCUT2D eigenvalue weighted by atomic mass is 10.0. The monoisotopic (exact) mass is 290 g/mol. The molecule has 2 aromatic carbocycles. The largest absolute Gasteiger partial charge is 0.497 e. The van der Waals surface area contributed by atoms with Crippen LogP contribution in [0.25, 0.3) is 0 Å². The molecule has 0 atom stereocenters. The molecule has 0 spiro atoms. The van der Waals surface area contributed by atoms with Crippen molar-refractivity contribution in [3.8, 4) is 5.75 Å². The van der Waals surface area contributed by atoms with Gasteiger partial charge < -0.3 is 4.74 Å². The van der Waals surface area contributed by atoms with E-state index >= 15 is 0 Å². The number of sulfone groups is 1. The van der Waals surface area contributed by atoms with E-state index in [2.05, 4.69) is 0 Å². The first-order chi connectivity index (χ1) is 9.41. The molecule has 2 aromatic rings. The quantitative estimate of drug-likeness (QED) is 0.811. The molecule has 0 aromatic heterocycles. The molecular formula is C15H14O4S. The molecule has 2 rings (SSSR count). The fourth-order valence-corrected chi connectivity index (χ4v) is 2.47. The standard InChI is InChI=1S/C15H14O4S/c1-19-13-7-3-5-11(9-13)15(16)12-6-4-8-14(10-12)20(2,17)18/h3-10H,1-2H3. The zero-order valence-electron chi connectivity index (χ0n) is 11.2. The molecule has 0 saturated heterocycles. The average molecular weight is 290 g/mol. The fraction of sp³-hybridized carbons (Fsp3) is 0.133. The lowest BCUT2D eigenvalue weighted by molar-refractivity contribution is 0.103. The van der Waals surface area contributed by atoms with Crippen LogP contribution >= 0.6 is 0 Å². The van der Waals surface area contributed by atoms with Crippen LogP contribution in [0.15, 0.2) is 53.4 Å². The van der Waals surface area contributed by atoms with E-state index in [1.807, 2.05) is 0 Å². The molecule has 0 aliphatic heterocycles.